The van der Waals surface area contributed by atoms with Crippen LogP contribution in [-0.4, -0.2) is 34.1 Å². The van der Waals surface area contributed by atoms with Crippen molar-refractivity contribution in [2.24, 2.45) is 0 Å². The van der Waals surface area contributed by atoms with E-state index < -0.39 is 0 Å². The Labute approximate surface area is 104 Å². The van der Waals surface area contributed by atoms with Crippen molar-refractivity contribution >= 4 is 11.0 Å². The van der Waals surface area contributed by atoms with E-state index in [-0.39, 0.29) is 11.5 Å². The molecule has 0 spiro atoms. The number of benzene rings is 1. The molecule has 1 fully saturated rings. The van der Waals surface area contributed by atoms with Crippen LogP contribution in [0.3, 0.4) is 0 Å². The summed E-state index contributed by atoms with van der Waals surface area (Å²) in [7, 11) is 0. The number of fused-ring (bicyclic) bond motifs is 1. The molecule has 0 atom stereocenters. The van der Waals surface area contributed by atoms with Crippen LogP contribution in [0.15, 0.2) is 23.0 Å². The van der Waals surface area contributed by atoms with Gasteiger partial charge in [0.05, 0.1) is 11.0 Å². The number of halogens is 1. The van der Waals surface area contributed by atoms with E-state index in [0.717, 1.165) is 19.6 Å². The van der Waals surface area contributed by atoms with Crippen LogP contribution < -0.4 is 5.69 Å². The molecule has 4 nitrogen and oxygen atoms in total. The fourth-order valence-corrected chi connectivity index (χ4v) is 2.60. The van der Waals surface area contributed by atoms with Crippen LogP contribution in [0.4, 0.5) is 4.39 Å². The van der Waals surface area contributed by atoms with Crippen molar-refractivity contribution < 1.29 is 4.39 Å². The minimum absolute atomic E-state index is 0.158. The third-order valence-corrected chi connectivity index (χ3v) is 3.58. The third-order valence-electron chi connectivity index (χ3n) is 3.58. The topological polar surface area (TPSA) is 41.0 Å². The molecular weight excluding hydrogens is 233 g/mol. The van der Waals surface area contributed by atoms with Gasteiger partial charge in [0.1, 0.15) is 5.82 Å². The van der Waals surface area contributed by atoms with E-state index in [0.29, 0.717) is 17.6 Å². The first-order valence-corrected chi connectivity index (χ1v) is 6.34. The van der Waals surface area contributed by atoms with Crippen LogP contribution >= 0.6 is 0 Å². The van der Waals surface area contributed by atoms with Crippen LogP contribution in [0.1, 0.15) is 12.8 Å². The van der Waals surface area contributed by atoms with E-state index in [2.05, 4.69) is 9.88 Å². The molecule has 1 aliphatic rings. The molecule has 5 heteroatoms. The van der Waals surface area contributed by atoms with Crippen LogP contribution in [0.5, 0.6) is 0 Å². The van der Waals surface area contributed by atoms with E-state index in [1.807, 2.05) is 0 Å². The maximum atomic E-state index is 13.2. The maximum Gasteiger partial charge on any atom is 0.326 e. The Kier molecular flexibility index (Phi) is 2.91. The SMILES string of the molecule is O=c1[nH]c2ccc(F)cc2n1CCN1CCCC1. The fraction of sp³-hybridized carbons (Fsp3) is 0.462. The van der Waals surface area contributed by atoms with Crippen LogP contribution in [0, 0.1) is 5.82 Å². The Bertz CT molecular complexity index is 610. The second-order valence-corrected chi connectivity index (χ2v) is 4.79. The molecule has 0 bridgehead atoms. The maximum absolute atomic E-state index is 13.2. The second kappa shape index (κ2) is 4.57. The third kappa shape index (κ3) is 2.06. The molecule has 2 heterocycles. The van der Waals surface area contributed by atoms with Crippen molar-refractivity contribution in [3.8, 4) is 0 Å². The van der Waals surface area contributed by atoms with Crippen molar-refractivity contribution in [1.29, 1.82) is 0 Å². The number of aromatic nitrogens is 2. The van der Waals surface area contributed by atoms with Crippen molar-refractivity contribution in [3.05, 3.63) is 34.5 Å². The Hall–Kier alpha value is -1.62. The first-order chi connectivity index (χ1) is 8.74. The van der Waals surface area contributed by atoms with Crippen LogP contribution in [0.2, 0.25) is 0 Å². The average Bonchev–Trinajstić information content (AvgIpc) is 2.94. The van der Waals surface area contributed by atoms with Gasteiger partial charge in [0.15, 0.2) is 0 Å². The molecule has 96 valence electrons. The van der Waals surface area contributed by atoms with Crippen LogP contribution in [0.25, 0.3) is 11.0 Å². The zero-order chi connectivity index (χ0) is 12.5. The molecule has 1 aromatic heterocycles. The van der Waals surface area contributed by atoms with Gasteiger partial charge < -0.3 is 9.88 Å². The molecule has 0 unspecified atom stereocenters. The Morgan fingerprint density at radius 2 is 2.00 bits per heavy atom. The van der Waals surface area contributed by atoms with E-state index in [9.17, 15) is 9.18 Å². The zero-order valence-corrected chi connectivity index (χ0v) is 10.2. The van der Waals surface area contributed by atoms with E-state index in [1.54, 1.807) is 10.6 Å². The summed E-state index contributed by atoms with van der Waals surface area (Å²) in [5.74, 6) is -0.309. The molecule has 0 amide bonds. The number of hydrogen-bond acceptors (Lipinski definition) is 2. The summed E-state index contributed by atoms with van der Waals surface area (Å²) in [6, 6.07) is 4.39. The lowest BCUT2D eigenvalue weighted by molar-refractivity contribution is 0.322. The number of nitrogens with one attached hydrogen (secondary N) is 1. The first kappa shape index (κ1) is 11.5. The number of rotatable bonds is 3. The summed E-state index contributed by atoms with van der Waals surface area (Å²) in [5.41, 5.74) is 1.19. The lowest BCUT2D eigenvalue weighted by Gasteiger charge is -2.14. The Morgan fingerprint density at radius 1 is 1.22 bits per heavy atom. The summed E-state index contributed by atoms with van der Waals surface area (Å²) in [6.45, 7) is 3.67. The standard InChI is InChI=1S/C13H16FN3O/c14-10-3-4-11-12(9-10)17(13(18)15-11)8-7-16-5-1-2-6-16/h3-4,9H,1-2,5-8H2,(H,15,18). The summed E-state index contributed by atoms with van der Waals surface area (Å²) < 4.78 is 14.8. The molecule has 0 radical (unpaired) electrons. The second-order valence-electron chi connectivity index (χ2n) is 4.79. The predicted molar refractivity (Wildman–Crippen MR) is 68.2 cm³/mol. The van der Waals surface area contributed by atoms with Crippen molar-refractivity contribution in [1.82, 2.24) is 14.5 Å². The number of likely N-dealkylation sites (tertiary alicyclic amines) is 1. The number of H-pyrrole nitrogens is 1. The van der Waals surface area contributed by atoms with Gasteiger partial charge >= 0.3 is 5.69 Å². The molecule has 2 aromatic rings. The number of aromatic amines is 1. The molecule has 1 aliphatic heterocycles. The molecule has 18 heavy (non-hydrogen) atoms. The monoisotopic (exact) mass is 249 g/mol. The van der Waals surface area contributed by atoms with Gasteiger partial charge in [-0.1, -0.05) is 0 Å². The summed E-state index contributed by atoms with van der Waals surface area (Å²) in [4.78, 5) is 16.9. The summed E-state index contributed by atoms with van der Waals surface area (Å²) in [6.07, 6.45) is 2.47. The normalized spacial score (nSPS) is 16.7. The van der Waals surface area contributed by atoms with E-state index in [4.69, 9.17) is 0 Å². The van der Waals surface area contributed by atoms with Crippen molar-refractivity contribution in [3.63, 3.8) is 0 Å². The van der Waals surface area contributed by atoms with Gasteiger partial charge in [-0.3, -0.25) is 4.57 Å². The molecule has 1 N–H and O–H groups in total. The number of nitrogens with zero attached hydrogens (tertiary/aromatic N) is 2. The molecule has 0 saturated carbocycles. The average molecular weight is 249 g/mol. The smallest absolute Gasteiger partial charge is 0.306 e. The molecule has 1 saturated heterocycles. The fourth-order valence-electron chi connectivity index (χ4n) is 2.60. The number of imidazole rings is 1. The van der Waals surface area contributed by atoms with Crippen LogP contribution in [-0.2, 0) is 6.54 Å². The minimum Gasteiger partial charge on any atom is -0.306 e. The van der Waals surface area contributed by atoms with E-state index in [1.165, 1.54) is 25.0 Å². The summed E-state index contributed by atoms with van der Waals surface area (Å²) in [5, 5.41) is 0. The Morgan fingerprint density at radius 3 is 2.78 bits per heavy atom. The predicted octanol–water partition coefficient (Wildman–Crippen LogP) is 1.56. The molecular formula is C13H16FN3O. The highest BCUT2D eigenvalue weighted by atomic mass is 19.1. The van der Waals surface area contributed by atoms with Gasteiger partial charge in [0, 0.05) is 13.1 Å². The van der Waals surface area contributed by atoms with Gasteiger partial charge in [0.2, 0.25) is 0 Å². The lowest BCUT2D eigenvalue weighted by atomic mass is 10.3. The highest BCUT2D eigenvalue weighted by molar-refractivity contribution is 5.75. The van der Waals surface area contributed by atoms with Crippen molar-refractivity contribution in [2.45, 2.75) is 19.4 Å². The van der Waals surface area contributed by atoms with Gasteiger partial charge in [-0.05, 0) is 44.1 Å². The Balaban J connectivity index is 1.87. The minimum atomic E-state index is -0.309. The molecule has 1 aromatic carbocycles. The molecule has 3 rings (SSSR count). The number of hydrogen-bond donors (Lipinski definition) is 1. The zero-order valence-electron chi connectivity index (χ0n) is 10.2. The molecule has 0 aliphatic carbocycles. The van der Waals surface area contributed by atoms with Gasteiger partial charge in [0.25, 0.3) is 0 Å². The summed E-state index contributed by atoms with van der Waals surface area (Å²) >= 11 is 0. The highest BCUT2D eigenvalue weighted by Gasteiger charge is 2.13. The quantitative estimate of drug-likeness (QED) is 0.897. The highest BCUT2D eigenvalue weighted by Crippen LogP contribution is 2.13. The largest absolute Gasteiger partial charge is 0.326 e. The lowest BCUT2D eigenvalue weighted by Crippen LogP contribution is -2.28. The van der Waals surface area contributed by atoms with Gasteiger partial charge in [-0.15, -0.1) is 0 Å². The van der Waals surface area contributed by atoms with Gasteiger partial charge in [-0.25, -0.2) is 9.18 Å². The van der Waals surface area contributed by atoms with Crippen molar-refractivity contribution in [2.75, 3.05) is 19.6 Å². The first-order valence-electron chi connectivity index (χ1n) is 6.34. The van der Waals surface area contributed by atoms with Gasteiger partial charge in [-0.2, -0.15) is 0 Å². The van der Waals surface area contributed by atoms with E-state index >= 15 is 0 Å².